The molecule has 0 fully saturated rings. The number of carbonyl (C=O) groups excluding carboxylic acids is 1. The van der Waals surface area contributed by atoms with Gasteiger partial charge in [0.1, 0.15) is 5.15 Å². The first kappa shape index (κ1) is 15.4. The van der Waals surface area contributed by atoms with E-state index in [9.17, 15) is 4.79 Å². The molecule has 0 N–H and O–H groups in total. The number of hydrogen-bond donors (Lipinski definition) is 0. The third kappa shape index (κ3) is 2.72. The molecule has 3 nitrogen and oxygen atoms in total. The molecule has 1 heterocycles. The van der Waals surface area contributed by atoms with E-state index in [0.717, 1.165) is 0 Å². The van der Waals surface area contributed by atoms with Crippen LogP contribution in [0.2, 0.25) is 20.2 Å². The average molecular weight is 351 g/mol. The van der Waals surface area contributed by atoms with E-state index in [2.05, 4.69) is 4.98 Å². The van der Waals surface area contributed by atoms with Gasteiger partial charge in [0, 0.05) is 17.3 Å². The molecule has 104 valence electrons. The van der Waals surface area contributed by atoms with Crippen molar-refractivity contribution in [3.05, 3.63) is 50.2 Å². The summed E-state index contributed by atoms with van der Waals surface area (Å²) in [6, 6.07) is 4.67. The predicted octanol–water partition coefficient (Wildman–Crippen LogP) is 5.15. The van der Waals surface area contributed by atoms with Gasteiger partial charge in [-0.3, -0.25) is 0 Å². The van der Waals surface area contributed by atoms with E-state index in [4.69, 9.17) is 51.1 Å². The largest absolute Gasteiger partial charge is 0.465 e. The summed E-state index contributed by atoms with van der Waals surface area (Å²) in [5, 5.41) is 0.800. The molecule has 0 amide bonds. The lowest BCUT2D eigenvalue weighted by molar-refractivity contribution is 0.0601. The maximum Gasteiger partial charge on any atom is 0.338 e. The van der Waals surface area contributed by atoms with Crippen LogP contribution >= 0.6 is 46.4 Å². The zero-order valence-electron chi connectivity index (χ0n) is 10.1. The monoisotopic (exact) mass is 349 g/mol. The minimum absolute atomic E-state index is 0.119. The van der Waals surface area contributed by atoms with Crippen molar-refractivity contribution in [1.82, 2.24) is 4.98 Å². The molecule has 0 aliphatic rings. The minimum atomic E-state index is -0.550. The molecule has 0 unspecified atom stereocenters. The van der Waals surface area contributed by atoms with Crippen molar-refractivity contribution in [3.8, 4) is 11.1 Å². The fourth-order valence-corrected chi connectivity index (χ4v) is 2.58. The first-order valence-corrected chi connectivity index (χ1v) is 6.85. The molecule has 0 atom stereocenters. The molecule has 0 saturated carbocycles. The fourth-order valence-electron chi connectivity index (χ4n) is 1.69. The van der Waals surface area contributed by atoms with Crippen molar-refractivity contribution in [3.63, 3.8) is 0 Å². The van der Waals surface area contributed by atoms with Crippen LogP contribution in [-0.2, 0) is 4.74 Å². The molecule has 0 spiro atoms. The van der Waals surface area contributed by atoms with E-state index >= 15 is 0 Å². The lowest BCUT2D eigenvalue weighted by atomic mass is 10.0. The van der Waals surface area contributed by atoms with Gasteiger partial charge in [-0.2, -0.15) is 0 Å². The molecule has 7 heteroatoms. The molecular formula is C13H7Cl4NO2. The predicted molar refractivity (Wildman–Crippen MR) is 81.1 cm³/mol. The van der Waals surface area contributed by atoms with Crippen molar-refractivity contribution in [2.75, 3.05) is 7.11 Å². The molecule has 1 aromatic heterocycles. The maximum atomic E-state index is 11.8. The molecule has 1 aromatic carbocycles. The van der Waals surface area contributed by atoms with E-state index in [1.807, 2.05) is 0 Å². The van der Waals surface area contributed by atoms with Crippen LogP contribution < -0.4 is 0 Å². The summed E-state index contributed by atoms with van der Waals surface area (Å²) < 4.78 is 4.72. The fraction of sp³-hybridized carbons (Fsp3) is 0.0769. The van der Waals surface area contributed by atoms with Crippen LogP contribution in [0, 0.1) is 0 Å². The highest BCUT2D eigenvalue weighted by Gasteiger charge is 2.21. The number of halogens is 4. The number of rotatable bonds is 2. The van der Waals surface area contributed by atoms with E-state index in [-0.39, 0.29) is 20.8 Å². The highest BCUT2D eigenvalue weighted by molar-refractivity contribution is 6.49. The van der Waals surface area contributed by atoms with Gasteiger partial charge < -0.3 is 4.74 Å². The Hall–Kier alpha value is -1.000. The molecular weight excluding hydrogens is 344 g/mol. The number of benzene rings is 1. The summed E-state index contributed by atoms with van der Waals surface area (Å²) in [5.74, 6) is -0.550. The number of pyridine rings is 1. The van der Waals surface area contributed by atoms with Gasteiger partial charge >= 0.3 is 5.97 Å². The Labute approximate surface area is 135 Å². The van der Waals surface area contributed by atoms with Gasteiger partial charge in [-0.15, -0.1) is 0 Å². The number of aromatic nitrogens is 1. The topological polar surface area (TPSA) is 39.2 Å². The summed E-state index contributed by atoms with van der Waals surface area (Å²) in [4.78, 5) is 15.8. The first-order chi connectivity index (χ1) is 9.47. The van der Waals surface area contributed by atoms with Gasteiger partial charge in [0.25, 0.3) is 0 Å². The van der Waals surface area contributed by atoms with E-state index in [1.54, 1.807) is 12.1 Å². The molecule has 0 aliphatic heterocycles. The van der Waals surface area contributed by atoms with E-state index < -0.39 is 5.97 Å². The van der Waals surface area contributed by atoms with Crippen molar-refractivity contribution in [2.24, 2.45) is 0 Å². The smallest absolute Gasteiger partial charge is 0.338 e. The Kier molecular flexibility index (Phi) is 4.76. The number of carbonyl (C=O) groups is 1. The first-order valence-electron chi connectivity index (χ1n) is 5.34. The molecule has 2 aromatic rings. The Morgan fingerprint density at radius 2 is 1.80 bits per heavy atom. The SMILES string of the molecule is COC(=O)c1ccnc(Cl)c1-c1ccc(Cl)c(Cl)c1Cl. The van der Waals surface area contributed by atoms with Crippen LogP contribution in [0.5, 0.6) is 0 Å². The van der Waals surface area contributed by atoms with Crippen molar-refractivity contribution < 1.29 is 9.53 Å². The van der Waals surface area contributed by atoms with Gasteiger partial charge in [-0.25, -0.2) is 9.78 Å². The lowest BCUT2D eigenvalue weighted by Crippen LogP contribution is -2.05. The van der Waals surface area contributed by atoms with Gasteiger partial charge in [0.2, 0.25) is 0 Å². The van der Waals surface area contributed by atoms with Crippen LogP contribution in [0.15, 0.2) is 24.4 Å². The summed E-state index contributed by atoms with van der Waals surface area (Å²) in [7, 11) is 1.27. The normalized spacial score (nSPS) is 10.4. The average Bonchev–Trinajstić information content (AvgIpc) is 2.45. The summed E-state index contributed by atoms with van der Waals surface area (Å²) in [6.07, 6.45) is 1.41. The van der Waals surface area contributed by atoms with Gasteiger partial charge in [0.05, 0.1) is 27.7 Å². The lowest BCUT2D eigenvalue weighted by Gasteiger charge is -2.12. The highest BCUT2D eigenvalue weighted by Crippen LogP contribution is 2.41. The van der Waals surface area contributed by atoms with Crippen molar-refractivity contribution >= 4 is 52.4 Å². The number of hydrogen-bond acceptors (Lipinski definition) is 3. The van der Waals surface area contributed by atoms with Gasteiger partial charge in [-0.1, -0.05) is 52.5 Å². The van der Waals surface area contributed by atoms with E-state index in [0.29, 0.717) is 16.1 Å². The molecule has 2 rings (SSSR count). The second-order valence-electron chi connectivity index (χ2n) is 3.74. The maximum absolute atomic E-state index is 11.8. The van der Waals surface area contributed by atoms with Crippen molar-refractivity contribution in [1.29, 1.82) is 0 Å². The number of nitrogens with zero attached hydrogens (tertiary/aromatic N) is 1. The van der Waals surface area contributed by atoms with Gasteiger partial charge in [-0.05, 0) is 12.1 Å². The molecule has 20 heavy (non-hydrogen) atoms. The van der Waals surface area contributed by atoms with Crippen LogP contribution in [0.4, 0.5) is 0 Å². The second kappa shape index (κ2) is 6.19. The van der Waals surface area contributed by atoms with Crippen LogP contribution in [0.1, 0.15) is 10.4 Å². The summed E-state index contributed by atoms with van der Waals surface area (Å²) >= 11 is 24.1. The highest BCUT2D eigenvalue weighted by atomic mass is 35.5. The molecule has 0 radical (unpaired) electrons. The van der Waals surface area contributed by atoms with E-state index in [1.165, 1.54) is 19.4 Å². The summed E-state index contributed by atoms with van der Waals surface area (Å²) in [6.45, 7) is 0. The third-order valence-electron chi connectivity index (χ3n) is 2.61. The molecule has 0 aliphatic carbocycles. The van der Waals surface area contributed by atoms with Crippen molar-refractivity contribution in [2.45, 2.75) is 0 Å². The zero-order valence-corrected chi connectivity index (χ0v) is 13.1. The third-order valence-corrected chi connectivity index (χ3v) is 4.19. The van der Waals surface area contributed by atoms with Crippen LogP contribution in [0.3, 0.4) is 0 Å². The Balaban J connectivity index is 2.76. The molecule has 0 saturated heterocycles. The number of ether oxygens (including phenoxy) is 1. The van der Waals surface area contributed by atoms with Gasteiger partial charge in [0.15, 0.2) is 0 Å². The number of esters is 1. The molecule has 0 bridgehead atoms. The Bertz CT molecular complexity index is 688. The number of methoxy groups -OCH3 is 1. The van der Waals surface area contributed by atoms with Crippen LogP contribution in [0.25, 0.3) is 11.1 Å². The summed E-state index contributed by atoms with van der Waals surface area (Å²) in [5.41, 5.74) is 1.05. The Morgan fingerprint density at radius 1 is 1.10 bits per heavy atom. The minimum Gasteiger partial charge on any atom is -0.465 e. The van der Waals surface area contributed by atoms with Crippen LogP contribution in [-0.4, -0.2) is 18.1 Å². The zero-order chi connectivity index (χ0) is 14.9. The quantitative estimate of drug-likeness (QED) is 0.427. The Morgan fingerprint density at radius 3 is 2.45 bits per heavy atom. The second-order valence-corrected chi connectivity index (χ2v) is 5.26. The standard InChI is InChI=1S/C13H7Cl4NO2/c1-20-13(19)7-4-5-18-12(17)9(7)6-2-3-8(14)11(16)10(6)15/h2-5H,1H3.